The summed E-state index contributed by atoms with van der Waals surface area (Å²) in [7, 11) is 2.18. The van der Waals surface area contributed by atoms with E-state index in [4.69, 9.17) is 0 Å². The van der Waals surface area contributed by atoms with Crippen molar-refractivity contribution in [3.8, 4) is 0 Å². The lowest BCUT2D eigenvalue weighted by molar-refractivity contribution is -0.123. The van der Waals surface area contributed by atoms with E-state index in [1.54, 1.807) is 0 Å². The van der Waals surface area contributed by atoms with Crippen LogP contribution in [0, 0.1) is 11.8 Å². The number of rotatable bonds is 5. The molecule has 0 aromatic rings. The summed E-state index contributed by atoms with van der Waals surface area (Å²) in [6.45, 7) is 5.88. The topological polar surface area (TPSA) is 35.6 Å². The van der Waals surface area contributed by atoms with Crippen LogP contribution in [0.25, 0.3) is 0 Å². The summed E-state index contributed by atoms with van der Waals surface area (Å²) in [6, 6.07) is 0.390. The van der Waals surface area contributed by atoms with Crippen LogP contribution in [-0.2, 0) is 4.79 Å². The van der Waals surface area contributed by atoms with Crippen molar-refractivity contribution in [2.75, 3.05) is 39.8 Å². The van der Waals surface area contributed by atoms with Crippen LogP contribution in [0.1, 0.15) is 64.2 Å². The molecule has 2 saturated heterocycles. The molecule has 1 saturated carbocycles. The molecule has 138 valence electrons. The molecule has 0 aromatic heterocycles. The molecule has 1 amide bonds. The Labute approximate surface area is 148 Å². The Balaban J connectivity index is 1.37. The first-order chi connectivity index (χ1) is 11.7. The molecule has 2 aliphatic heterocycles. The lowest BCUT2D eigenvalue weighted by Gasteiger charge is -2.36. The molecule has 1 aliphatic carbocycles. The van der Waals surface area contributed by atoms with Crippen LogP contribution in [0.5, 0.6) is 0 Å². The normalized spacial score (nSPS) is 28.8. The van der Waals surface area contributed by atoms with Crippen molar-refractivity contribution in [3.05, 3.63) is 0 Å². The number of likely N-dealkylation sites (tertiary alicyclic amines) is 2. The van der Waals surface area contributed by atoms with Gasteiger partial charge in [0.25, 0.3) is 0 Å². The van der Waals surface area contributed by atoms with Crippen LogP contribution in [0.2, 0.25) is 0 Å². The summed E-state index contributed by atoms with van der Waals surface area (Å²) in [5.41, 5.74) is 0. The SMILES string of the molecule is CN1CCC(CC(=O)NC2CCCN(CC3CCCCC3)C2)CC1. The molecule has 4 heteroatoms. The fourth-order valence-electron chi connectivity index (χ4n) is 4.89. The third-order valence-electron chi connectivity index (χ3n) is 6.42. The van der Waals surface area contributed by atoms with Gasteiger partial charge in [-0.25, -0.2) is 0 Å². The van der Waals surface area contributed by atoms with E-state index in [1.165, 1.54) is 70.9 Å². The van der Waals surface area contributed by atoms with Gasteiger partial charge in [0.1, 0.15) is 0 Å². The van der Waals surface area contributed by atoms with Gasteiger partial charge in [0.2, 0.25) is 5.91 Å². The van der Waals surface area contributed by atoms with Crippen LogP contribution in [-0.4, -0.2) is 61.5 Å². The largest absolute Gasteiger partial charge is 0.352 e. The van der Waals surface area contributed by atoms with E-state index >= 15 is 0 Å². The molecule has 0 spiro atoms. The maximum Gasteiger partial charge on any atom is 0.220 e. The number of carbonyl (C=O) groups excluding carboxylic acids is 1. The number of carbonyl (C=O) groups is 1. The average molecular weight is 336 g/mol. The molecular weight excluding hydrogens is 298 g/mol. The number of piperidine rings is 2. The van der Waals surface area contributed by atoms with Gasteiger partial charge in [-0.05, 0) is 77.0 Å². The first kappa shape index (κ1) is 18.2. The zero-order valence-electron chi connectivity index (χ0n) is 15.6. The Morgan fingerprint density at radius 3 is 2.42 bits per heavy atom. The van der Waals surface area contributed by atoms with E-state index in [0.29, 0.717) is 17.9 Å². The standard InChI is InChI=1S/C20H37N3O/c1-22-12-9-17(10-13-22)14-20(24)21-19-8-5-11-23(16-19)15-18-6-3-2-4-7-18/h17-19H,2-16H2,1H3,(H,21,24). The van der Waals surface area contributed by atoms with Crippen molar-refractivity contribution in [1.29, 1.82) is 0 Å². The second-order valence-corrected chi connectivity index (χ2v) is 8.62. The fourth-order valence-corrected chi connectivity index (χ4v) is 4.89. The molecule has 0 bridgehead atoms. The molecule has 1 atom stereocenters. The van der Waals surface area contributed by atoms with Gasteiger partial charge in [-0.15, -0.1) is 0 Å². The lowest BCUT2D eigenvalue weighted by atomic mass is 9.88. The smallest absolute Gasteiger partial charge is 0.220 e. The fraction of sp³-hybridized carbons (Fsp3) is 0.950. The summed E-state index contributed by atoms with van der Waals surface area (Å²) in [5, 5.41) is 3.35. The van der Waals surface area contributed by atoms with Gasteiger partial charge in [-0.2, -0.15) is 0 Å². The van der Waals surface area contributed by atoms with Gasteiger partial charge in [0, 0.05) is 25.6 Å². The van der Waals surface area contributed by atoms with Crippen molar-refractivity contribution in [1.82, 2.24) is 15.1 Å². The second-order valence-electron chi connectivity index (χ2n) is 8.62. The van der Waals surface area contributed by atoms with Crippen molar-refractivity contribution < 1.29 is 4.79 Å². The van der Waals surface area contributed by atoms with E-state index in [2.05, 4.69) is 22.2 Å². The molecule has 4 nitrogen and oxygen atoms in total. The van der Waals surface area contributed by atoms with Crippen molar-refractivity contribution >= 4 is 5.91 Å². The van der Waals surface area contributed by atoms with E-state index in [-0.39, 0.29) is 0 Å². The zero-order valence-corrected chi connectivity index (χ0v) is 15.6. The first-order valence-corrected chi connectivity index (χ1v) is 10.4. The van der Waals surface area contributed by atoms with Crippen LogP contribution >= 0.6 is 0 Å². The Bertz CT molecular complexity index is 386. The Morgan fingerprint density at radius 2 is 1.67 bits per heavy atom. The van der Waals surface area contributed by atoms with E-state index in [1.807, 2.05) is 0 Å². The van der Waals surface area contributed by atoms with Gasteiger partial charge in [-0.1, -0.05) is 19.3 Å². The number of nitrogens with one attached hydrogen (secondary N) is 1. The molecule has 0 radical (unpaired) electrons. The minimum Gasteiger partial charge on any atom is -0.352 e. The van der Waals surface area contributed by atoms with Gasteiger partial charge < -0.3 is 15.1 Å². The van der Waals surface area contributed by atoms with Crippen molar-refractivity contribution in [3.63, 3.8) is 0 Å². The maximum atomic E-state index is 12.4. The van der Waals surface area contributed by atoms with Crippen molar-refractivity contribution in [2.24, 2.45) is 11.8 Å². The Kier molecular flexibility index (Phi) is 6.96. The number of hydrogen-bond acceptors (Lipinski definition) is 3. The average Bonchev–Trinajstić information content (AvgIpc) is 2.58. The van der Waals surface area contributed by atoms with Gasteiger partial charge >= 0.3 is 0 Å². The minimum absolute atomic E-state index is 0.300. The van der Waals surface area contributed by atoms with Crippen LogP contribution in [0.15, 0.2) is 0 Å². The highest BCUT2D eigenvalue weighted by Gasteiger charge is 2.26. The van der Waals surface area contributed by atoms with Crippen molar-refractivity contribution in [2.45, 2.75) is 70.3 Å². The molecule has 3 aliphatic rings. The van der Waals surface area contributed by atoms with Gasteiger partial charge in [0.15, 0.2) is 0 Å². The predicted molar refractivity (Wildman–Crippen MR) is 99.0 cm³/mol. The molecule has 3 fully saturated rings. The van der Waals surface area contributed by atoms with Gasteiger partial charge in [0.05, 0.1) is 0 Å². The summed E-state index contributed by atoms with van der Waals surface area (Å²) < 4.78 is 0. The quantitative estimate of drug-likeness (QED) is 0.839. The summed E-state index contributed by atoms with van der Waals surface area (Å²) in [6.07, 6.45) is 12.6. The molecular formula is C20H37N3O. The van der Waals surface area contributed by atoms with E-state index in [9.17, 15) is 4.79 Å². The summed E-state index contributed by atoms with van der Waals surface area (Å²) in [4.78, 5) is 17.4. The second kappa shape index (κ2) is 9.19. The monoisotopic (exact) mass is 335 g/mol. The first-order valence-electron chi connectivity index (χ1n) is 10.4. The number of amides is 1. The van der Waals surface area contributed by atoms with Crippen LogP contribution in [0.4, 0.5) is 0 Å². The molecule has 2 heterocycles. The third-order valence-corrected chi connectivity index (χ3v) is 6.42. The molecule has 0 aromatic carbocycles. The lowest BCUT2D eigenvalue weighted by Crippen LogP contribution is -2.49. The third kappa shape index (κ3) is 5.73. The predicted octanol–water partition coefficient (Wildman–Crippen LogP) is 2.88. The highest BCUT2D eigenvalue weighted by atomic mass is 16.1. The Hall–Kier alpha value is -0.610. The molecule has 1 N–H and O–H groups in total. The summed E-state index contributed by atoms with van der Waals surface area (Å²) in [5.74, 6) is 1.81. The molecule has 24 heavy (non-hydrogen) atoms. The van der Waals surface area contributed by atoms with E-state index < -0.39 is 0 Å². The Morgan fingerprint density at radius 1 is 0.917 bits per heavy atom. The minimum atomic E-state index is 0.300. The number of hydrogen-bond donors (Lipinski definition) is 1. The van der Waals surface area contributed by atoms with E-state index in [0.717, 1.165) is 32.0 Å². The summed E-state index contributed by atoms with van der Waals surface area (Å²) >= 11 is 0. The zero-order chi connectivity index (χ0) is 16.8. The van der Waals surface area contributed by atoms with Crippen LogP contribution < -0.4 is 5.32 Å². The molecule has 1 unspecified atom stereocenters. The number of nitrogens with zero attached hydrogens (tertiary/aromatic N) is 2. The highest BCUT2D eigenvalue weighted by molar-refractivity contribution is 5.76. The highest BCUT2D eigenvalue weighted by Crippen LogP contribution is 2.25. The van der Waals surface area contributed by atoms with Crippen LogP contribution in [0.3, 0.4) is 0 Å². The maximum absolute atomic E-state index is 12.4. The molecule has 3 rings (SSSR count). The van der Waals surface area contributed by atoms with Gasteiger partial charge in [-0.3, -0.25) is 4.79 Å².